The van der Waals surface area contributed by atoms with Crippen molar-refractivity contribution < 1.29 is 0 Å². The minimum atomic E-state index is -0.112. The fourth-order valence-corrected chi connectivity index (χ4v) is 11.4. The van der Waals surface area contributed by atoms with Crippen LogP contribution in [0.25, 0.3) is 99.1 Å². The molecule has 60 heavy (non-hydrogen) atoms. The molecule has 5 nitrogen and oxygen atoms in total. The van der Waals surface area contributed by atoms with Crippen LogP contribution in [-0.4, -0.2) is 24.9 Å². The zero-order valence-corrected chi connectivity index (χ0v) is 34.5. The van der Waals surface area contributed by atoms with Gasteiger partial charge in [0.25, 0.3) is 0 Å². The van der Waals surface area contributed by atoms with Crippen LogP contribution >= 0.6 is 22.7 Å². The summed E-state index contributed by atoms with van der Waals surface area (Å²) in [6.45, 7) is 4.67. The van der Waals surface area contributed by atoms with Gasteiger partial charge in [0.1, 0.15) is 0 Å². The lowest BCUT2D eigenvalue weighted by molar-refractivity contribution is 0.660. The van der Waals surface area contributed by atoms with E-state index in [1.165, 1.54) is 47.5 Å². The highest BCUT2D eigenvalue weighted by Crippen LogP contribution is 2.50. The van der Waals surface area contributed by atoms with Gasteiger partial charge in [-0.2, -0.15) is 0 Å². The van der Waals surface area contributed by atoms with Gasteiger partial charge in [-0.15, -0.1) is 22.7 Å². The van der Waals surface area contributed by atoms with Crippen LogP contribution in [0.4, 0.5) is 0 Å². The first-order chi connectivity index (χ1) is 29.5. The smallest absolute Gasteiger partial charge is 0.164 e. The molecular formula is C53H35N5S2. The van der Waals surface area contributed by atoms with E-state index in [9.17, 15) is 0 Å². The molecular weight excluding hydrogens is 771 g/mol. The Kier molecular flexibility index (Phi) is 7.92. The minimum absolute atomic E-state index is 0.112. The largest absolute Gasteiger partial charge is 0.227 e. The summed E-state index contributed by atoms with van der Waals surface area (Å²) in [4.78, 5) is 27.1. The molecule has 10 aromatic rings. The van der Waals surface area contributed by atoms with Crippen LogP contribution in [0.3, 0.4) is 0 Å². The lowest BCUT2D eigenvalue weighted by Crippen LogP contribution is -2.14. The molecule has 6 aromatic carbocycles. The van der Waals surface area contributed by atoms with Crippen LogP contribution in [0.5, 0.6) is 0 Å². The third-order valence-electron chi connectivity index (χ3n) is 12.0. The summed E-state index contributed by atoms with van der Waals surface area (Å²) >= 11 is 3.59. The van der Waals surface area contributed by atoms with Crippen molar-refractivity contribution in [2.24, 2.45) is 0 Å². The van der Waals surface area contributed by atoms with E-state index >= 15 is 0 Å². The van der Waals surface area contributed by atoms with Crippen molar-refractivity contribution >= 4 is 65.2 Å². The van der Waals surface area contributed by atoms with Gasteiger partial charge in [0, 0.05) is 52.7 Å². The van der Waals surface area contributed by atoms with Crippen molar-refractivity contribution in [2.45, 2.75) is 25.7 Å². The third kappa shape index (κ3) is 5.61. The molecule has 0 unspecified atom stereocenters. The van der Waals surface area contributed by atoms with Crippen molar-refractivity contribution in [1.82, 2.24) is 24.9 Å². The van der Waals surface area contributed by atoms with E-state index in [0.29, 0.717) is 23.3 Å². The summed E-state index contributed by atoms with van der Waals surface area (Å²) < 4.78 is 3.53. The number of aromatic nitrogens is 5. The minimum Gasteiger partial charge on any atom is -0.227 e. The van der Waals surface area contributed by atoms with E-state index < -0.39 is 0 Å². The van der Waals surface area contributed by atoms with Gasteiger partial charge < -0.3 is 0 Å². The van der Waals surface area contributed by atoms with E-state index in [1.54, 1.807) is 11.3 Å². The number of rotatable bonds is 5. The van der Waals surface area contributed by atoms with E-state index in [-0.39, 0.29) is 5.41 Å². The van der Waals surface area contributed by atoms with Crippen molar-refractivity contribution in [3.63, 3.8) is 0 Å². The molecule has 284 valence electrons. The number of benzene rings is 6. The number of allylic oxidation sites excluding steroid dienone is 2. The Morgan fingerprint density at radius 1 is 0.533 bits per heavy atom. The lowest BCUT2D eigenvalue weighted by Gasteiger charge is -2.22. The molecule has 4 aromatic heterocycles. The molecule has 0 saturated heterocycles. The first-order valence-corrected chi connectivity index (χ1v) is 21.8. The molecule has 0 fully saturated rings. The molecule has 2 aliphatic carbocycles. The maximum atomic E-state index is 5.40. The monoisotopic (exact) mass is 805 g/mol. The summed E-state index contributed by atoms with van der Waals surface area (Å²) in [6, 6.07) is 51.1. The molecule has 0 bridgehead atoms. The quantitative estimate of drug-likeness (QED) is 0.173. The molecule has 7 heteroatoms. The number of nitrogens with zero attached hydrogens (tertiary/aromatic N) is 5. The first-order valence-electron chi connectivity index (χ1n) is 20.2. The van der Waals surface area contributed by atoms with Crippen LogP contribution in [0.2, 0.25) is 0 Å². The van der Waals surface area contributed by atoms with E-state index in [4.69, 9.17) is 24.9 Å². The number of hydrogen-bond donors (Lipinski definition) is 0. The fraction of sp³-hybridized carbons (Fsp3) is 0.0755. The molecule has 0 N–H and O–H groups in total. The SMILES string of the molecule is CC1(C)c2ccccc2-c2ccc(-c3nc(/C=C4\C=Cc5sc6cccc(-c7nc(-c8ccccc8)nc(-c8ccccc8)n7)c6c5C4)nc4c3sc3ccccc34)cc21. The zero-order valence-electron chi connectivity index (χ0n) is 32.8. The Morgan fingerprint density at radius 2 is 1.20 bits per heavy atom. The number of fused-ring (bicyclic) bond motifs is 9. The summed E-state index contributed by atoms with van der Waals surface area (Å²) in [7, 11) is 0. The molecule has 0 atom stereocenters. The Hall–Kier alpha value is -6.93. The Bertz CT molecular complexity index is 3370. The van der Waals surface area contributed by atoms with Gasteiger partial charge in [0.2, 0.25) is 0 Å². The second-order valence-electron chi connectivity index (χ2n) is 16.0. The average molecular weight is 806 g/mol. The Balaban J connectivity index is 0.987. The molecule has 12 rings (SSSR count). The molecule has 0 aliphatic heterocycles. The molecule has 0 radical (unpaired) electrons. The van der Waals surface area contributed by atoms with E-state index in [2.05, 4.69) is 141 Å². The fourth-order valence-electron chi connectivity index (χ4n) is 9.09. The predicted molar refractivity (Wildman–Crippen MR) is 250 cm³/mol. The van der Waals surface area contributed by atoms with Gasteiger partial charge in [-0.05, 0) is 70.2 Å². The van der Waals surface area contributed by atoms with Crippen LogP contribution in [0.15, 0.2) is 157 Å². The lowest BCUT2D eigenvalue weighted by atomic mass is 9.82. The van der Waals surface area contributed by atoms with E-state index in [1.807, 2.05) is 47.7 Å². The summed E-state index contributed by atoms with van der Waals surface area (Å²) in [5, 5.41) is 2.34. The predicted octanol–water partition coefficient (Wildman–Crippen LogP) is 13.9. The van der Waals surface area contributed by atoms with Gasteiger partial charge >= 0.3 is 0 Å². The topological polar surface area (TPSA) is 64.5 Å². The van der Waals surface area contributed by atoms with Gasteiger partial charge in [0.15, 0.2) is 23.3 Å². The van der Waals surface area contributed by atoms with Gasteiger partial charge in [0.05, 0.1) is 15.9 Å². The van der Waals surface area contributed by atoms with Crippen molar-refractivity contribution in [1.29, 1.82) is 0 Å². The molecule has 4 heterocycles. The van der Waals surface area contributed by atoms with Crippen LogP contribution < -0.4 is 0 Å². The standard InChI is InChI=1S/C53H35N5S2/c1-53(2)40-21-11-9-18-35(40)36-26-25-34(30-41(36)53)47-49-48(37-19-10-12-22-42(37)60-49)55-45(54-47)29-31-24-27-43-39(28-31)46-38(20-13-23-44(46)59-43)52-57-50(32-14-5-3-6-15-32)56-51(58-52)33-16-7-4-8-17-33/h3-27,29-30H,28H2,1-2H3/b31-29+. The average Bonchev–Trinajstić information content (AvgIpc) is 3.94. The van der Waals surface area contributed by atoms with Crippen LogP contribution in [0, 0.1) is 0 Å². The van der Waals surface area contributed by atoms with Crippen molar-refractivity contribution in [2.75, 3.05) is 0 Å². The molecule has 0 spiro atoms. The van der Waals surface area contributed by atoms with Gasteiger partial charge in [-0.25, -0.2) is 24.9 Å². The van der Waals surface area contributed by atoms with Crippen molar-refractivity contribution in [3.05, 3.63) is 185 Å². The van der Waals surface area contributed by atoms with Crippen LogP contribution in [-0.2, 0) is 11.8 Å². The highest BCUT2D eigenvalue weighted by molar-refractivity contribution is 7.26. The number of hydrogen-bond acceptors (Lipinski definition) is 7. The molecule has 0 amide bonds. The number of thiophene rings is 2. The normalized spacial score (nSPS) is 14.5. The molecule has 0 saturated carbocycles. The molecule has 2 aliphatic rings. The van der Waals surface area contributed by atoms with Gasteiger partial charge in [-0.3, -0.25) is 0 Å². The maximum Gasteiger partial charge on any atom is 0.164 e. The highest BCUT2D eigenvalue weighted by atomic mass is 32.1. The Morgan fingerprint density at radius 3 is 2.00 bits per heavy atom. The summed E-state index contributed by atoms with van der Waals surface area (Å²) in [5.74, 6) is 2.69. The van der Waals surface area contributed by atoms with Crippen LogP contribution in [0.1, 0.15) is 41.2 Å². The van der Waals surface area contributed by atoms with Crippen molar-refractivity contribution in [3.8, 4) is 56.5 Å². The first kappa shape index (κ1) is 35.1. The maximum absolute atomic E-state index is 5.40. The summed E-state index contributed by atoms with van der Waals surface area (Å²) in [6.07, 6.45) is 7.39. The van der Waals surface area contributed by atoms with E-state index in [0.717, 1.165) is 55.5 Å². The zero-order chi connectivity index (χ0) is 40.0. The Labute approximate surface area is 355 Å². The second-order valence-corrected chi connectivity index (χ2v) is 18.2. The second kappa shape index (κ2) is 13.6. The highest BCUT2D eigenvalue weighted by Gasteiger charge is 2.35. The third-order valence-corrected chi connectivity index (χ3v) is 14.4. The summed E-state index contributed by atoms with van der Waals surface area (Å²) in [5.41, 5.74) is 13.6. The van der Waals surface area contributed by atoms with Gasteiger partial charge in [-0.1, -0.05) is 147 Å².